The maximum absolute atomic E-state index is 13.8. The van der Waals surface area contributed by atoms with Gasteiger partial charge < -0.3 is 4.90 Å². The second-order valence-corrected chi connectivity index (χ2v) is 4.80. The van der Waals surface area contributed by atoms with Crippen LogP contribution in [0.3, 0.4) is 0 Å². The molecule has 2 heterocycles. The van der Waals surface area contributed by atoms with Crippen molar-refractivity contribution in [3.8, 4) is 0 Å². The minimum atomic E-state index is -0.115. The van der Waals surface area contributed by atoms with Crippen molar-refractivity contribution < 1.29 is 4.39 Å². The summed E-state index contributed by atoms with van der Waals surface area (Å²) < 4.78 is 14.8. The number of benzene rings is 1. The van der Waals surface area contributed by atoms with Crippen LogP contribution >= 0.6 is 11.3 Å². The Balaban J connectivity index is 2.09. The van der Waals surface area contributed by atoms with E-state index >= 15 is 0 Å². The fraction of sp³-hybridized carbons (Fsp3) is 0.333. The van der Waals surface area contributed by atoms with Crippen LogP contribution in [0.15, 0.2) is 23.6 Å². The van der Waals surface area contributed by atoms with Gasteiger partial charge in [0.2, 0.25) is 0 Å². The fourth-order valence-electron chi connectivity index (χ4n) is 2.11. The van der Waals surface area contributed by atoms with E-state index in [1.165, 1.54) is 6.07 Å². The van der Waals surface area contributed by atoms with Gasteiger partial charge in [-0.1, -0.05) is 6.07 Å². The number of fused-ring (bicyclic) bond motifs is 1. The number of halogens is 1. The van der Waals surface area contributed by atoms with Gasteiger partial charge in [0.05, 0.1) is 11.1 Å². The maximum atomic E-state index is 13.8. The van der Waals surface area contributed by atoms with Gasteiger partial charge in [0.15, 0.2) is 0 Å². The van der Waals surface area contributed by atoms with Crippen molar-refractivity contribution in [3.63, 3.8) is 0 Å². The number of rotatable bonds is 1. The first-order valence-electron chi connectivity index (χ1n) is 5.40. The molecule has 1 fully saturated rings. The first-order chi connectivity index (χ1) is 7.86. The van der Waals surface area contributed by atoms with E-state index < -0.39 is 0 Å². The molecule has 2 aromatic rings. The second-order valence-electron chi connectivity index (χ2n) is 3.89. The molecule has 0 saturated carbocycles. The zero-order chi connectivity index (χ0) is 11.0. The third-order valence-corrected chi connectivity index (χ3v) is 3.86. The van der Waals surface area contributed by atoms with Gasteiger partial charge in [-0.15, -0.1) is 11.3 Å². The van der Waals surface area contributed by atoms with E-state index in [2.05, 4.69) is 15.6 Å². The second kappa shape index (κ2) is 4.03. The molecule has 1 aliphatic heterocycles. The van der Waals surface area contributed by atoms with Gasteiger partial charge in [0.1, 0.15) is 5.82 Å². The van der Waals surface area contributed by atoms with Gasteiger partial charge in [-0.25, -0.2) is 9.71 Å². The van der Waals surface area contributed by atoms with Gasteiger partial charge in [-0.2, -0.15) is 0 Å². The summed E-state index contributed by atoms with van der Waals surface area (Å²) in [5.74, 6) is -0.115. The van der Waals surface area contributed by atoms with Crippen LogP contribution in [0, 0.1) is 5.82 Å². The zero-order valence-corrected chi connectivity index (χ0v) is 9.63. The molecule has 0 amide bonds. The zero-order valence-electron chi connectivity index (χ0n) is 8.82. The van der Waals surface area contributed by atoms with E-state index in [9.17, 15) is 4.39 Å². The molecule has 1 saturated heterocycles. The molecule has 0 N–H and O–H groups in total. The summed E-state index contributed by atoms with van der Waals surface area (Å²) in [6, 6.07) is 5.28. The Labute approximate surface area is 97.7 Å². The third kappa shape index (κ3) is 1.58. The third-order valence-electron chi connectivity index (χ3n) is 2.93. The number of hydrogen-bond acceptors (Lipinski definition) is 2. The van der Waals surface area contributed by atoms with E-state index in [0.717, 1.165) is 42.0 Å². The van der Waals surface area contributed by atoms with Crippen molar-refractivity contribution in [2.45, 2.75) is 0 Å². The van der Waals surface area contributed by atoms with Gasteiger partial charge >= 0.3 is 0 Å². The summed E-state index contributed by atoms with van der Waals surface area (Å²) in [6.45, 7) is 3.51. The molecule has 1 aliphatic rings. The van der Waals surface area contributed by atoms with E-state index in [1.54, 1.807) is 17.4 Å². The highest BCUT2D eigenvalue weighted by Crippen LogP contribution is 2.34. The molecule has 3 rings (SSSR count). The van der Waals surface area contributed by atoms with Crippen molar-refractivity contribution in [3.05, 3.63) is 29.4 Å². The standard InChI is InChI=1S/C12H12FN2S/c13-9-2-1-3-11-12(9)10(8-16-11)15-6-4-14-5-7-15/h1-3,8H,4-7H2. The summed E-state index contributed by atoms with van der Waals surface area (Å²) >= 11 is 1.61. The molecule has 1 radical (unpaired) electrons. The van der Waals surface area contributed by atoms with Crippen LogP contribution in [0.5, 0.6) is 0 Å². The van der Waals surface area contributed by atoms with E-state index in [4.69, 9.17) is 0 Å². The number of thiophene rings is 1. The van der Waals surface area contributed by atoms with Gasteiger partial charge in [0.25, 0.3) is 0 Å². The molecule has 16 heavy (non-hydrogen) atoms. The molecule has 83 valence electrons. The van der Waals surface area contributed by atoms with Crippen molar-refractivity contribution in [2.24, 2.45) is 0 Å². The van der Waals surface area contributed by atoms with Crippen molar-refractivity contribution >= 4 is 27.1 Å². The number of piperazine rings is 1. The average molecular weight is 235 g/mol. The topological polar surface area (TPSA) is 17.3 Å². The van der Waals surface area contributed by atoms with Gasteiger partial charge in [-0.3, -0.25) is 0 Å². The van der Waals surface area contributed by atoms with Crippen molar-refractivity contribution in [2.75, 3.05) is 31.1 Å². The lowest BCUT2D eigenvalue weighted by atomic mass is 10.2. The molecule has 0 bridgehead atoms. The SMILES string of the molecule is Fc1cccc2scc(N3CC[N]CC3)c12. The van der Waals surface area contributed by atoms with Crippen LogP contribution < -0.4 is 10.2 Å². The van der Waals surface area contributed by atoms with Gasteiger partial charge in [0, 0.05) is 36.3 Å². The van der Waals surface area contributed by atoms with Crippen LogP contribution in [0.2, 0.25) is 0 Å². The normalized spacial score (nSPS) is 16.9. The average Bonchev–Trinajstić information content (AvgIpc) is 2.75. The Morgan fingerprint density at radius 2 is 2.06 bits per heavy atom. The highest BCUT2D eigenvalue weighted by atomic mass is 32.1. The summed E-state index contributed by atoms with van der Waals surface area (Å²) in [5.41, 5.74) is 1.04. The first-order valence-corrected chi connectivity index (χ1v) is 6.28. The summed E-state index contributed by atoms with van der Waals surface area (Å²) in [5, 5.41) is 7.13. The maximum Gasteiger partial charge on any atom is 0.133 e. The number of anilines is 1. The highest BCUT2D eigenvalue weighted by Gasteiger charge is 2.17. The Kier molecular flexibility index (Phi) is 2.53. The lowest BCUT2D eigenvalue weighted by molar-refractivity contribution is 0.579. The lowest BCUT2D eigenvalue weighted by Gasteiger charge is -2.28. The quantitative estimate of drug-likeness (QED) is 0.742. The van der Waals surface area contributed by atoms with E-state index in [0.29, 0.717) is 0 Å². The molecule has 0 atom stereocenters. The molecule has 2 nitrogen and oxygen atoms in total. The molecule has 4 heteroatoms. The van der Waals surface area contributed by atoms with E-state index in [1.807, 2.05) is 6.07 Å². The van der Waals surface area contributed by atoms with Gasteiger partial charge in [-0.05, 0) is 12.1 Å². The van der Waals surface area contributed by atoms with Crippen LogP contribution in [-0.4, -0.2) is 26.2 Å². The summed E-state index contributed by atoms with van der Waals surface area (Å²) in [6.07, 6.45) is 0. The Bertz CT molecular complexity index is 503. The summed E-state index contributed by atoms with van der Waals surface area (Å²) in [7, 11) is 0. The van der Waals surface area contributed by atoms with Crippen LogP contribution in [0.1, 0.15) is 0 Å². The van der Waals surface area contributed by atoms with E-state index in [-0.39, 0.29) is 5.82 Å². The smallest absolute Gasteiger partial charge is 0.133 e. The Morgan fingerprint density at radius 1 is 1.25 bits per heavy atom. The first kappa shape index (κ1) is 10.1. The molecule has 1 aromatic heterocycles. The molecule has 0 aliphatic carbocycles. The molecular formula is C12H12FN2S. The number of hydrogen-bond donors (Lipinski definition) is 0. The number of nitrogens with zero attached hydrogens (tertiary/aromatic N) is 2. The Hall–Kier alpha value is -1.13. The molecule has 0 unspecified atom stereocenters. The minimum Gasteiger partial charge on any atom is -0.368 e. The molecular weight excluding hydrogens is 223 g/mol. The van der Waals surface area contributed by atoms with Crippen LogP contribution in [0.4, 0.5) is 10.1 Å². The fourth-order valence-corrected chi connectivity index (χ4v) is 3.09. The predicted octanol–water partition coefficient (Wildman–Crippen LogP) is 2.46. The van der Waals surface area contributed by atoms with Crippen molar-refractivity contribution in [1.82, 2.24) is 5.32 Å². The minimum absolute atomic E-state index is 0.115. The predicted molar refractivity (Wildman–Crippen MR) is 65.9 cm³/mol. The lowest BCUT2D eigenvalue weighted by Crippen LogP contribution is -2.40. The molecule has 1 aromatic carbocycles. The van der Waals surface area contributed by atoms with Crippen LogP contribution in [-0.2, 0) is 0 Å². The molecule has 0 spiro atoms. The summed E-state index contributed by atoms with van der Waals surface area (Å²) in [4.78, 5) is 2.23. The highest BCUT2D eigenvalue weighted by molar-refractivity contribution is 7.17. The van der Waals surface area contributed by atoms with Crippen LogP contribution in [0.25, 0.3) is 10.1 Å². The largest absolute Gasteiger partial charge is 0.368 e. The Morgan fingerprint density at radius 3 is 2.88 bits per heavy atom. The monoisotopic (exact) mass is 235 g/mol. The van der Waals surface area contributed by atoms with Crippen molar-refractivity contribution in [1.29, 1.82) is 0 Å².